The highest BCUT2D eigenvalue weighted by Crippen LogP contribution is 2.24. The molecule has 0 fully saturated rings. The van der Waals surface area contributed by atoms with Gasteiger partial charge in [0.2, 0.25) is 0 Å². The summed E-state index contributed by atoms with van der Waals surface area (Å²) in [5.41, 5.74) is 8.25. The smallest absolute Gasteiger partial charge is 0.123 e. The van der Waals surface area contributed by atoms with E-state index < -0.39 is 0 Å². The molecular weight excluding hydrogens is 229 g/mol. The third kappa shape index (κ3) is 2.04. The number of hydrogen-bond donors (Lipinski definition) is 1. The predicted octanol–water partition coefficient (Wildman–Crippen LogP) is 2.41. The second kappa shape index (κ2) is 4.53. The summed E-state index contributed by atoms with van der Waals surface area (Å²) >= 11 is 0. The molecule has 0 saturated carbocycles. The average molecular weight is 245 g/mol. The minimum absolute atomic E-state index is 0.0137. The van der Waals surface area contributed by atoms with Crippen molar-refractivity contribution in [2.24, 2.45) is 5.73 Å². The topological polar surface area (TPSA) is 43.8 Å². The van der Waals surface area contributed by atoms with Gasteiger partial charge >= 0.3 is 0 Å². The first-order valence-electron chi connectivity index (χ1n) is 6.29. The van der Waals surface area contributed by atoms with E-state index in [4.69, 9.17) is 5.73 Å². The molecule has 0 amide bonds. The molecule has 0 aliphatic carbocycles. The summed E-state index contributed by atoms with van der Waals surface area (Å²) < 4.78 is 15.3. The zero-order chi connectivity index (χ0) is 12.5. The molecule has 1 atom stereocenters. The molecule has 2 heterocycles. The molecule has 0 saturated heterocycles. The van der Waals surface area contributed by atoms with Crippen LogP contribution in [0.2, 0.25) is 0 Å². The van der Waals surface area contributed by atoms with Crippen LogP contribution in [0.1, 0.15) is 36.1 Å². The molecular formula is C14H16FN3. The van der Waals surface area contributed by atoms with Gasteiger partial charge in [0.25, 0.3) is 0 Å². The van der Waals surface area contributed by atoms with E-state index in [0.29, 0.717) is 6.42 Å². The van der Waals surface area contributed by atoms with Gasteiger partial charge in [-0.3, -0.25) is 0 Å². The molecule has 1 aromatic carbocycles. The van der Waals surface area contributed by atoms with E-state index in [1.54, 1.807) is 12.1 Å². The van der Waals surface area contributed by atoms with E-state index in [9.17, 15) is 4.39 Å². The summed E-state index contributed by atoms with van der Waals surface area (Å²) in [5.74, 6) is 0.727. The van der Waals surface area contributed by atoms with Gasteiger partial charge in [-0.25, -0.2) is 9.37 Å². The third-order valence-corrected chi connectivity index (χ3v) is 3.47. The summed E-state index contributed by atoms with van der Waals surface area (Å²) in [5, 5.41) is 0. The standard InChI is InChI=1S/C14H16FN3/c15-11-4-1-3-10(7-11)8-14-17-9-12-5-2-6-13(16)18(12)14/h1,3-4,7,9,13H,2,5-6,8,16H2. The van der Waals surface area contributed by atoms with Crippen LogP contribution < -0.4 is 5.73 Å². The summed E-state index contributed by atoms with van der Waals surface area (Å²) in [6, 6.07) is 6.65. The molecule has 4 heteroatoms. The van der Waals surface area contributed by atoms with Crippen molar-refractivity contribution in [1.29, 1.82) is 0 Å². The Balaban J connectivity index is 1.92. The van der Waals surface area contributed by atoms with Gasteiger partial charge in [-0.05, 0) is 37.0 Å². The number of imidazole rings is 1. The van der Waals surface area contributed by atoms with Crippen molar-refractivity contribution in [2.75, 3.05) is 0 Å². The van der Waals surface area contributed by atoms with Crippen LogP contribution in [0.4, 0.5) is 4.39 Å². The number of aromatic nitrogens is 2. The largest absolute Gasteiger partial charge is 0.316 e. The van der Waals surface area contributed by atoms with Crippen LogP contribution >= 0.6 is 0 Å². The Bertz CT molecular complexity index is 562. The average Bonchev–Trinajstić information content (AvgIpc) is 2.74. The van der Waals surface area contributed by atoms with Gasteiger partial charge in [-0.2, -0.15) is 0 Å². The van der Waals surface area contributed by atoms with Crippen molar-refractivity contribution in [3.05, 3.63) is 53.4 Å². The molecule has 3 nitrogen and oxygen atoms in total. The summed E-state index contributed by atoms with van der Waals surface area (Å²) in [6.45, 7) is 0. The lowest BCUT2D eigenvalue weighted by Gasteiger charge is -2.23. The maximum absolute atomic E-state index is 13.2. The molecule has 2 aromatic rings. The monoisotopic (exact) mass is 245 g/mol. The first kappa shape index (κ1) is 11.4. The van der Waals surface area contributed by atoms with E-state index >= 15 is 0 Å². The van der Waals surface area contributed by atoms with Crippen LogP contribution in [0.15, 0.2) is 30.5 Å². The fourth-order valence-electron chi connectivity index (χ4n) is 2.61. The Kier molecular flexibility index (Phi) is 2.88. The minimum atomic E-state index is -0.206. The first-order chi connectivity index (χ1) is 8.74. The normalized spacial score (nSPS) is 18.7. The van der Waals surface area contributed by atoms with Gasteiger partial charge in [0.1, 0.15) is 11.6 Å². The lowest BCUT2D eigenvalue weighted by molar-refractivity contribution is 0.403. The highest BCUT2D eigenvalue weighted by molar-refractivity contribution is 5.22. The van der Waals surface area contributed by atoms with Crippen LogP contribution in [0.3, 0.4) is 0 Å². The number of benzene rings is 1. The van der Waals surface area contributed by atoms with Crippen molar-refractivity contribution >= 4 is 0 Å². The Labute approximate surface area is 105 Å². The lowest BCUT2D eigenvalue weighted by atomic mass is 10.1. The number of aryl methyl sites for hydroxylation is 1. The molecule has 0 spiro atoms. The van der Waals surface area contributed by atoms with Gasteiger partial charge in [0.15, 0.2) is 0 Å². The van der Waals surface area contributed by atoms with Crippen LogP contribution in [-0.2, 0) is 12.8 Å². The molecule has 18 heavy (non-hydrogen) atoms. The highest BCUT2D eigenvalue weighted by Gasteiger charge is 2.20. The summed E-state index contributed by atoms with van der Waals surface area (Å²) in [7, 11) is 0. The molecule has 94 valence electrons. The molecule has 1 aromatic heterocycles. The maximum Gasteiger partial charge on any atom is 0.123 e. The number of fused-ring (bicyclic) bond motifs is 1. The third-order valence-electron chi connectivity index (χ3n) is 3.47. The SMILES string of the molecule is NC1CCCc2cnc(Cc3cccc(F)c3)n21. The fraction of sp³-hybridized carbons (Fsp3) is 0.357. The van der Waals surface area contributed by atoms with Gasteiger partial charge in [-0.15, -0.1) is 0 Å². The fourth-order valence-corrected chi connectivity index (χ4v) is 2.61. The summed E-state index contributed by atoms with van der Waals surface area (Å²) in [4.78, 5) is 4.43. The second-order valence-corrected chi connectivity index (χ2v) is 4.80. The zero-order valence-corrected chi connectivity index (χ0v) is 10.1. The van der Waals surface area contributed by atoms with Gasteiger partial charge in [0, 0.05) is 18.3 Å². The Morgan fingerprint density at radius 3 is 3.17 bits per heavy atom. The molecule has 0 radical (unpaired) electrons. The lowest BCUT2D eigenvalue weighted by Crippen LogP contribution is -2.26. The zero-order valence-electron chi connectivity index (χ0n) is 10.1. The van der Waals surface area contributed by atoms with Crippen LogP contribution in [0, 0.1) is 5.82 Å². The van der Waals surface area contributed by atoms with Gasteiger partial charge in [-0.1, -0.05) is 12.1 Å². The van der Waals surface area contributed by atoms with Gasteiger partial charge in [0.05, 0.1) is 6.17 Å². The van der Waals surface area contributed by atoms with Crippen molar-refractivity contribution in [2.45, 2.75) is 31.8 Å². The number of nitrogens with two attached hydrogens (primary N) is 1. The number of rotatable bonds is 2. The minimum Gasteiger partial charge on any atom is -0.316 e. The van der Waals surface area contributed by atoms with Crippen LogP contribution in [0.5, 0.6) is 0 Å². The van der Waals surface area contributed by atoms with E-state index in [1.165, 1.54) is 11.8 Å². The quantitative estimate of drug-likeness (QED) is 0.883. The molecule has 1 aliphatic heterocycles. The first-order valence-corrected chi connectivity index (χ1v) is 6.29. The van der Waals surface area contributed by atoms with Crippen molar-refractivity contribution in [3.63, 3.8) is 0 Å². The Morgan fingerprint density at radius 1 is 1.44 bits per heavy atom. The Hall–Kier alpha value is -1.68. The maximum atomic E-state index is 13.2. The van der Waals surface area contributed by atoms with Crippen molar-refractivity contribution in [3.8, 4) is 0 Å². The highest BCUT2D eigenvalue weighted by atomic mass is 19.1. The number of halogens is 1. The van der Waals surface area contributed by atoms with Crippen molar-refractivity contribution in [1.82, 2.24) is 9.55 Å². The van der Waals surface area contributed by atoms with Gasteiger partial charge < -0.3 is 10.3 Å². The molecule has 1 aliphatic rings. The molecule has 1 unspecified atom stereocenters. The number of hydrogen-bond acceptors (Lipinski definition) is 2. The van der Waals surface area contributed by atoms with E-state index in [-0.39, 0.29) is 12.0 Å². The molecule has 0 bridgehead atoms. The predicted molar refractivity (Wildman–Crippen MR) is 67.6 cm³/mol. The molecule has 2 N–H and O–H groups in total. The number of nitrogens with zero attached hydrogens (tertiary/aromatic N) is 2. The van der Waals surface area contributed by atoms with E-state index in [1.807, 2.05) is 12.3 Å². The van der Waals surface area contributed by atoms with E-state index in [0.717, 1.165) is 30.7 Å². The van der Waals surface area contributed by atoms with E-state index in [2.05, 4.69) is 9.55 Å². The second-order valence-electron chi connectivity index (χ2n) is 4.80. The molecule has 3 rings (SSSR count). The van der Waals surface area contributed by atoms with Crippen molar-refractivity contribution < 1.29 is 4.39 Å². The van der Waals surface area contributed by atoms with Crippen LogP contribution in [0.25, 0.3) is 0 Å². The summed E-state index contributed by atoms with van der Waals surface area (Å²) in [6.07, 6.45) is 5.68. The van der Waals surface area contributed by atoms with Crippen LogP contribution in [-0.4, -0.2) is 9.55 Å². The Morgan fingerprint density at radius 2 is 2.33 bits per heavy atom.